The van der Waals surface area contributed by atoms with Crippen molar-refractivity contribution in [1.82, 2.24) is 15.1 Å². The number of anilines is 2. The fourth-order valence-corrected chi connectivity index (χ4v) is 5.05. The molecule has 0 unspecified atom stereocenters. The molecule has 3 heterocycles. The zero-order chi connectivity index (χ0) is 21.8. The van der Waals surface area contributed by atoms with Crippen LogP contribution in [0.2, 0.25) is 0 Å². The molecular weight excluding hydrogens is 418 g/mol. The van der Waals surface area contributed by atoms with Crippen molar-refractivity contribution in [3.63, 3.8) is 0 Å². The van der Waals surface area contributed by atoms with Gasteiger partial charge in [0, 0.05) is 45.0 Å². The summed E-state index contributed by atoms with van der Waals surface area (Å²) in [5, 5.41) is 9.60. The van der Waals surface area contributed by atoms with Crippen molar-refractivity contribution < 1.29 is 4.79 Å². The van der Waals surface area contributed by atoms with E-state index >= 15 is 0 Å². The van der Waals surface area contributed by atoms with E-state index in [1.165, 1.54) is 28.6 Å². The van der Waals surface area contributed by atoms with Crippen molar-refractivity contribution in [3.05, 3.63) is 77.9 Å². The van der Waals surface area contributed by atoms with Gasteiger partial charge in [-0.15, -0.1) is 10.2 Å². The van der Waals surface area contributed by atoms with Crippen LogP contribution in [0.3, 0.4) is 0 Å². The summed E-state index contributed by atoms with van der Waals surface area (Å²) in [4.78, 5) is 19.2. The molecule has 0 N–H and O–H groups in total. The predicted octanol–water partition coefficient (Wildman–Crippen LogP) is 3.48. The summed E-state index contributed by atoms with van der Waals surface area (Å²) < 4.78 is 0. The van der Waals surface area contributed by atoms with E-state index in [9.17, 15) is 4.79 Å². The number of thioether (sulfide) groups is 1. The van der Waals surface area contributed by atoms with Crippen LogP contribution in [-0.2, 0) is 17.8 Å². The van der Waals surface area contributed by atoms with E-state index < -0.39 is 0 Å². The summed E-state index contributed by atoms with van der Waals surface area (Å²) >= 11 is 1.47. The third-order valence-corrected chi connectivity index (χ3v) is 7.08. The lowest BCUT2D eigenvalue weighted by Crippen LogP contribution is -2.49. The summed E-state index contributed by atoms with van der Waals surface area (Å²) in [5.41, 5.74) is 4.01. The second kappa shape index (κ2) is 9.61. The molecule has 0 spiro atoms. The van der Waals surface area contributed by atoms with Gasteiger partial charge in [-0.25, -0.2) is 0 Å². The average molecular weight is 446 g/mol. The Hall–Kier alpha value is -3.06. The van der Waals surface area contributed by atoms with Crippen molar-refractivity contribution in [3.8, 4) is 0 Å². The zero-order valence-electron chi connectivity index (χ0n) is 18.1. The van der Waals surface area contributed by atoms with Crippen molar-refractivity contribution in [2.75, 3.05) is 48.3 Å². The minimum atomic E-state index is 0.168. The Labute approximate surface area is 193 Å². The number of amides is 1. The largest absolute Gasteiger partial charge is 0.368 e. The summed E-state index contributed by atoms with van der Waals surface area (Å²) in [6.45, 7) is 5.07. The van der Waals surface area contributed by atoms with Crippen LogP contribution in [0.1, 0.15) is 11.1 Å². The number of piperazine rings is 1. The molecule has 0 radical (unpaired) electrons. The van der Waals surface area contributed by atoms with Gasteiger partial charge in [-0.05, 0) is 41.8 Å². The maximum Gasteiger partial charge on any atom is 0.233 e. The molecule has 0 saturated carbocycles. The third-order valence-electron chi connectivity index (χ3n) is 6.18. The lowest BCUT2D eigenvalue weighted by molar-refractivity contribution is -0.128. The van der Waals surface area contributed by atoms with Gasteiger partial charge < -0.3 is 14.7 Å². The number of para-hydroxylation sites is 1. The first-order chi connectivity index (χ1) is 15.8. The van der Waals surface area contributed by atoms with Crippen LogP contribution in [0.5, 0.6) is 0 Å². The molecule has 6 nitrogen and oxygen atoms in total. The molecular formula is C25H27N5OS. The van der Waals surface area contributed by atoms with Crippen molar-refractivity contribution in [2.24, 2.45) is 0 Å². The van der Waals surface area contributed by atoms with E-state index in [1.54, 1.807) is 0 Å². The molecule has 1 amide bonds. The number of hydrogen-bond acceptors (Lipinski definition) is 6. The van der Waals surface area contributed by atoms with Crippen LogP contribution in [0, 0.1) is 0 Å². The minimum Gasteiger partial charge on any atom is -0.368 e. The first-order valence-corrected chi connectivity index (χ1v) is 12.1. The Morgan fingerprint density at radius 1 is 0.781 bits per heavy atom. The topological polar surface area (TPSA) is 52.6 Å². The normalized spacial score (nSPS) is 16.1. The van der Waals surface area contributed by atoms with Gasteiger partial charge in [-0.2, -0.15) is 0 Å². The lowest BCUT2D eigenvalue weighted by Gasteiger charge is -2.36. The van der Waals surface area contributed by atoms with Crippen molar-refractivity contribution >= 4 is 29.2 Å². The molecule has 2 aliphatic rings. The van der Waals surface area contributed by atoms with Crippen LogP contribution >= 0.6 is 11.8 Å². The molecule has 5 rings (SSSR count). The summed E-state index contributed by atoms with van der Waals surface area (Å²) in [5.74, 6) is 1.46. The molecule has 32 heavy (non-hydrogen) atoms. The highest BCUT2D eigenvalue weighted by molar-refractivity contribution is 7.99. The van der Waals surface area contributed by atoms with Gasteiger partial charge in [0.05, 0.1) is 5.75 Å². The van der Waals surface area contributed by atoms with E-state index in [2.05, 4.69) is 68.5 Å². The van der Waals surface area contributed by atoms with Gasteiger partial charge in [0.25, 0.3) is 0 Å². The standard InChI is InChI=1S/C25H27N5OS/c31-25(29-16-14-28(15-17-29)22-8-2-1-3-9-22)19-32-24-11-10-23(26-27-24)30-13-12-20-6-4-5-7-21(20)18-30/h1-11H,12-19H2. The smallest absolute Gasteiger partial charge is 0.233 e. The summed E-state index contributed by atoms with van der Waals surface area (Å²) in [6, 6.07) is 23.0. The fourth-order valence-electron chi connectivity index (χ4n) is 4.33. The SMILES string of the molecule is O=C(CSc1ccc(N2CCc3ccccc3C2)nn1)N1CCN(c2ccccc2)CC1. The third kappa shape index (κ3) is 4.72. The average Bonchev–Trinajstić information content (AvgIpc) is 2.88. The van der Waals surface area contributed by atoms with E-state index in [1.807, 2.05) is 23.1 Å². The van der Waals surface area contributed by atoms with E-state index in [0.29, 0.717) is 5.75 Å². The highest BCUT2D eigenvalue weighted by atomic mass is 32.2. The fraction of sp³-hybridized carbons (Fsp3) is 0.320. The number of aromatic nitrogens is 2. The maximum absolute atomic E-state index is 12.7. The summed E-state index contributed by atoms with van der Waals surface area (Å²) in [7, 11) is 0. The number of nitrogens with zero attached hydrogens (tertiary/aromatic N) is 5. The van der Waals surface area contributed by atoms with Gasteiger partial charge in [0.15, 0.2) is 5.82 Å². The molecule has 3 aromatic rings. The molecule has 2 aliphatic heterocycles. The van der Waals surface area contributed by atoms with Crippen LogP contribution in [0.25, 0.3) is 0 Å². The quantitative estimate of drug-likeness (QED) is 0.561. The summed E-state index contributed by atoms with van der Waals surface area (Å²) in [6.07, 6.45) is 1.03. The van der Waals surface area contributed by atoms with Crippen LogP contribution < -0.4 is 9.80 Å². The van der Waals surface area contributed by atoms with Crippen molar-refractivity contribution in [1.29, 1.82) is 0 Å². The van der Waals surface area contributed by atoms with Gasteiger partial charge in [-0.1, -0.05) is 54.2 Å². The number of hydrogen-bond donors (Lipinski definition) is 0. The molecule has 1 aromatic heterocycles. The highest BCUT2D eigenvalue weighted by Gasteiger charge is 2.22. The Morgan fingerprint density at radius 2 is 1.53 bits per heavy atom. The Balaban J connectivity index is 1.11. The second-order valence-corrected chi connectivity index (χ2v) is 9.16. The second-order valence-electron chi connectivity index (χ2n) is 8.16. The predicted molar refractivity (Wildman–Crippen MR) is 129 cm³/mol. The monoisotopic (exact) mass is 445 g/mol. The number of fused-ring (bicyclic) bond motifs is 1. The number of carbonyl (C=O) groups is 1. The molecule has 0 aliphatic carbocycles. The molecule has 1 saturated heterocycles. The lowest BCUT2D eigenvalue weighted by atomic mass is 10.00. The molecule has 164 valence electrons. The molecule has 1 fully saturated rings. The molecule has 0 bridgehead atoms. The van der Waals surface area contributed by atoms with Gasteiger partial charge in [0.1, 0.15) is 5.03 Å². The zero-order valence-corrected chi connectivity index (χ0v) is 18.9. The maximum atomic E-state index is 12.7. The molecule has 7 heteroatoms. The Kier molecular flexibility index (Phi) is 6.25. The molecule has 0 atom stereocenters. The van der Waals surface area contributed by atoms with Crippen molar-refractivity contribution in [2.45, 2.75) is 18.0 Å². The Morgan fingerprint density at radius 3 is 2.28 bits per heavy atom. The molecule has 2 aromatic carbocycles. The van der Waals surface area contributed by atoms with E-state index in [-0.39, 0.29) is 5.91 Å². The van der Waals surface area contributed by atoms with Gasteiger partial charge in [0.2, 0.25) is 5.91 Å². The minimum absolute atomic E-state index is 0.168. The number of carbonyl (C=O) groups excluding carboxylic acids is 1. The van der Waals surface area contributed by atoms with Crippen LogP contribution in [0.4, 0.5) is 11.5 Å². The first kappa shape index (κ1) is 20.8. The highest BCUT2D eigenvalue weighted by Crippen LogP contribution is 2.24. The van der Waals surface area contributed by atoms with Crippen LogP contribution in [0.15, 0.2) is 71.8 Å². The van der Waals surface area contributed by atoms with E-state index in [4.69, 9.17) is 0 Å². The first-order valence-electron chi connectivity index (χ1n) is 11.1. The van der Waals surface area contributed by atoms with Crippen LogP contribution in [-0.4, -0.2) is 59.5 Å². The van der Waals surface area contributed by atoms with E-state index in [0.717, 1.165) is 56.5 Å². The van der Waals surface area contributed by atoms with Gasteiger partial charge in [-0.3, -0.25) is 4.79 Å². The van der Waals surface area contributed by atoms with Gasteiger partial charge >= 0.3 is 0 Å². The number of benzene rings is 2. The number of rotatable bonds is 5. The Bertz CT molecular complexity index is 1050.